The third-order valence-electron chi connectivity index (χ3n) is 1.98. The highest BCUT2D eigenvalue weighted by Gasteiger charge is 2.15. The average molecular weight is 369 g/mol. The molecular formula is C13H16BrClFNO3. The lowest BCUT2D eigenvalue weighted by Gasteiger charge is -2.19. The van der Waals surface area contributed by atoms with Crippen LogP contribution in [-0.2, 0) is 4.74 Å². The lowest BCUT2D eigenvalue weighted by Crippen LogP contribution is -2.34. The molecule has 1 aromatic carbocycles. The molecule has 1 rings (SSSR count). The van der Waals surface area contributed by atoms with E-state index in [1.54, 1.807) is 20.8 Å². The summed E-state index contributed by atoms with van der Waals surface area (Å²) in [7, 11) is 0. The number of alkyl carbamates (subject to hydrolysis) is 1. The van der Waals surface area contributed by atoms with E-state index in [0.29, 0.717) is 10.2 Å². The second-order valence-electron chi connectivity index (χ2n) is 4.98. The highest BCUT2D eigenvalue weighted by atomic mass is 79.9. The van der Waals surface area contributed by atoms with Gasteiger partial charge in [-0.1, -0.05) is 11.6 Å². The number of benzene rings is 1. The zero-order valence-electron chi connectivity index (χ0n) is 11.4. The zero-order valence-corrected chi connectivity index (χ0v) is 13.8. The minimum atomic E-state index is -0.547. The zero-order chi connectivity index (χ0) is 15.3. The summed E-state index contributed by atoms with van der Waals surface area (Å²) in [5.74, 6) is -0.125. The summed E-state index contributed by atoms with van der Waals surface area (Å²) in [5.41, 5.74) is -0.547. The molecule has 0 radical (unpaired) electrons. The van der Waals surface area contributed by atoms with Crippen LogP contribution in [0.3, 0.4) is 0 Å². The molecule has 1 amide bonds. The third kappa shape index (κ3) is 5.96. The summed E-state index contributed by atoms with van der Waals surface area (Å²) >= 11 is 9.01. The first-order chi connectivity index (χ1) is 9.19. The molecule has 0 aliphatic rings. The van der Waals surface area contributed by atoms with Crippen molar-refractivity contribution in [3.63, 3.8) is 0 Å². The fourth-order valence-corrected chi connectivity index (χ4v) is 2.21. The predicted octanol–water partition coefficient (Wildman–Crippen LogP) is 4.15. The number of carbonyl (C=O) groups is 1. The first kappa shape index (κ1) is 17.0. The van der Waals surface area contributed by atoms with E-state index >= 15 is 0 Å². The van der Waals surface area contributed by atoms with E-state index in [2.05, 4.69) is 21.2 Å². The van der Waals surface area contributed by atoms with Crippen molar-refractivity contribution < 1.29 is 18.7 Å². The average Bonchev–Trinajstić information content (AvgIpc) is 2.23. The molecule has 20 heavy (non-hydrogen) atoms. The molecule has 0 aliphatic heterocycles. The molecule has 0 aliphatic carbocycles. The van der Waals surface area contributed by atoms with Crippen molar-refractivity contribution >= 4 is 33.6 Å². The van der Waals surface area contributed by atoms with Crippen LogP contribution in [0.15, 0.2) is 16.6 Å². The van der Waals surface area contributed by atoms with E-state index in [1.807, 2.05) is 0 Å². The minimum Gasteiger partial charge on any atom is -0.489 e. The Hall–Kier alpha value is -1.01. The Morgan fingerprint density at radius 2 is 2.10 bits per heavy atom. The molecule has 1 aromatic rings. The Morgan fingerprint density at radius 1 is 1.45 bits per heavy atom. The molecule has 1 N–H and O–H groups in total. The number of ether oxygens (including phenoxy) is 2. The van der Waals surface area contributed by atoms with Crippen LogP contribution in [0.25, 0.3) is 0 Å². The maximum atomic E-state index is 13.0. The maximum absolute atomic E-state index is 13.0. The number of nitrogens with one attached hydrogen (secondary N) is 1. The van der Waals surface area contributed by atoms with Gasteiger partial charge in [0.15, 0.2) is 5.75 Å². The quantitative estimate of drug-likeness (QED) is 0.812. The Bertz CT molecular complexity index is 468. The van der Waals surface area contributed by atoms with Crippen molar-refractivity contribution in [2.75, 3.05) is 13.2 Å². The smallest absolute Gasteiger partial charge is 0.407 e. The van der Waals surface area contributed by atoms with Gasteiger partial charge in [-0.3, -0.25) is 0 Å². The number of hydrogen-bond donors (Lipinski definition) is 1. The summed E-state index contributed by atoms with van der Waals surface area (Å²) < 4.78 is 23.9. The van der Waals surface area contributed by atoms with E-state index in [4.69, 9.17) is 21.1 Å². The van der Waals surface area contributed by atoms with Crippen molar-refractivity contribution in [1.29, 1.82) is 0 Å². The van der Waals surface area contributed by atoms with Gasteiger partial charge >= 0.3 is 6.09 Å². The van der Waals surface area contributed by atoms with Crippen molar-refractivity contribution in [2.24, 2.45) is 0 Å². The van der Waals surface area contributed by atoms with Gasteiger partial charge in [-0.15, -0.1) is 0 Å². The van der Waals surface area contributed by atoms with E-state index in [9.17, 15) is 9.18 Å². The van der Waals surface area contributed by atoms with Crippen LogP contribution in [0.5, 0.6) is 5.75 Å². The second-order valence-corrected chi connectivity index (χ2v) is 6.24. The molecule has 7 heteroatoms. The van der Waals surface area contributed by atoms with Crippen LogP contribution in [0.1, 0.15) is 20.8 Å². The molecule has 0 fully saturated rings. The summed E-state index contributed by atoms with van der Waals surface area (Å²) in [6.45, 7) is 5.76. The molecule has 0 spiro atoms. The van der Waals surface area contributed by atoms with Crippen LogP contribution < -0.4 is 10.1 Å². The van der Waals surface area contributed by atoms with Gasteiger partial charge in [0.2, 0.25) is 0 Å². The Kier molecular flexibility index (Phi) is 6.07. The normalized spacial score (nSPS) is 11.1. The van der Waals surface area contributed by atoms with E-state index < -0.39 is 17.5 Å². The first-order valence-corrected chi connectivity index (χ1v) is 7.10. The number of rotatable bonds is 4. The number of carbonyl (C=O) groups excluding carboxylic acids is 1. The fourth-order valence-electron chi connectivity index (χ4n) is 1.29. The van der Waals surface area contributed by atoms with Gasteiger partial charge in [-0.05, 0) is 48.8 Å². The van der Waals surface area contributed by atoms with Crippen LogP contribution in [0, 0.1) is 5.82 Å². The monoisotopic (exact) mass is 367 g/mol. The Labute approximate surface area is 130 Å². The SMILES string of the molecule is CC(C)(C)OC(=O)NCCOc1c(Cl)cc(F)cc1Br. The lowest BCUT2D eigenvalue weighted by atomic mass is 10.2. The molecule has 0 heterocycles. The van der Waals surface area contributed by atoms with Crippen LogP contribution >= 0.6 is 27.5 Å². The summed E-state index contributed by atoms with van der Waals surface area (Å²) in [5, 5.41) is 2.70. The third-order valence-corrected chi connectivity index (χ3v) is 2.85. The highest BCUT2D eigenvalue weighted by Crippen LogP contribution is 2.33. The summed E-state index contributed by atoms with van der Waals surface area (Å²) in [4.78, 5) is 11.4. The minimum absolute atomic E-state index is 0.161. The van der Waals surface area contributed by atoms with Gasteiger partial charge in [-0.25, -0.2) is 9.18 Å². The van der Waals surface area contributed by atoms with Crippen molar-refractivity contribution in [3.8, 4) is 5.75 Å². The van der Waals surface area contributed by atoms with Crippen molar-refractivity contribution in [2.45, 2.75) is 26.4 Å². The maximum Gasteiger partial charge on any atom is 0.407 e. The largest absolute Gasteiger partial charge is 0.489 e. The second kappa shape index (κ2) is 7.13. The molecule has 0 aromatic heterocycles. The highest BCUT2D eigenvalue weighted by molar-refractivity contribution is 9.10. The van der Waals surface area contributed by atoms with Crippen molar-refractivity contribution in [1.82, 2.24) is 5.32 Å². The summed E-state index contributed by atoms with van der Waals surface area (Å²) in [6.07, 6.45) is -0.523. The molecule has 0 unspecified atom stereocenters. The molecular weight excluding hydrogens is 353 g/mol. The molecule has 0 bridgehead atoms. The standard InChI is InChI=1S/C13H16BrClFNO3/c1-13(2,3)20-12(18)17-4-5-19-11-9(14)6-8(16)7-10(11)15/h6-7H,4-5H2,1-3H3,(H,17,18). The molecule has 0 saturated heterocycles. The van der Waals surface area contributed by atoms with Crippen LogP contribution in [0.2, 0.25) is 5.02 Å². The molecule has 0 saturated carbocycles. The van der Waals surface area contributed by atoms with Gasteiger partial charge in [0.05, 0.1) is 16.0 Å². The first-order valence-electron chi connectivity index (χ1n) is 5.93. The van der Waals surface area contributed by atoms with Gasteiger partial charge in [0.1, 0.15) is 18.0 Å². The lowest BCUT2D eigenvalue weighted by molar-refractivity contribution is 0.0520. The van der Waals surface area contributed by atoms with Gasteiger partial charge in [0.25, 0.3) is 0 Å². The Morgan fingerprint density at radius 3 is 2.65 bits per heavy atom. The molecule has 4 nitrogen and oxygen atoms in total. The van der Waals surface area contributed by atoms with Crippen molar-refractivity contribution in [3.05, 3.63) is 27.4 Å². The number of hydrogen-bond acceptors (Lipinski definition) is 3. The van der Waals surface area contributed by atoms with E-state index in [0.717, 1.165) is 6.07 Å². The Balaban J connectivity index is 2.41. The topological polar surface area (TPSA) is 47.6 Å². The summed E-state index contributed by atoms with van der Waals surface area (Å²) in [6, 6.07) is 2.41. The van der Waals surface area contributed by atoms with Gasteiger partial charge in [-0.2, -0.15) is 0 Å². The van der Waals surface area contributed by atoms with Gasteiger partial charge in [0, 0.05) is 0 Å². The van der Waals surface area contributed by atoms with Crippen LogP contribution in [0.4, 0.5) is 9.18 Å². The van der Waals surface area contributed by atoms with Crippen LogP contribution in [-0.4, -0.2) is 24.8 Å². The number of halogens is 3. The van der Waals surface area contributed by atoms with Gasteiger partial charge < -0.3 is 14.8 Å². The predicted molar refractivity (Wildman–Crippen MR) is 78.8 cm³/mol. The molecule has 112 valence electrons. The fraction of sp³-hybridized carbons (Fsp3) is 0.462. The molecule has 0 atom stereocenters. The van der Waals surface area contributed by atoms with E-state index in [-0.39, 0.29) is 18.2 Å². The van der Waals surface area contributed by atoms with E-state index in [1.165, 1.54) is 6.07 Å². The number of amides is 1.